The van der Waals surface area contributed by atoms with Gasteiger partial charge in [0.05, 0.1) is 27.0 Å². The number of halogens is 3. The zero-order valence-corrected chi connectivity index (χ0v) is 25.1. The number of thiazole rings is 1. The number of hydrogen-bond acceptors (Lipinski definition) is 8. The summed E-state index contributed by atoms with van der Waals surface area (Å²) in [5, 5.41) is 5.43. The summed E-state index contributed by atoms with van der Waals surface area (Å²) in [5.41, 5.74) is -1.32. The second-order valence-electron chi connectivity index (χ2n) is 10.2. The van der Waals surface area contributed by atoms with Crippen LogP contribution in [0.15, 0.2) is 23.1 Å². The number of nitrogens with one attached hydrogen (secondary N) is 3. The summed E-state index contributed by atoms with van der Waals surface area (Å²) in [6.07, 6.45) is -4.91. The normalized spacial score (nSPS) is 17.9. The molecular weight excluding hydrogens is 585 g/mol. The Kier molecular flexibility index (Phi) is 10.6. The van der Waals surface area contributed by atoms with E-state index < -0.39 is 45.1 Å². The van der Waals surface area contributed by atoms with Crippen LogP contribution in [0, 0.1) is 0 Å². The molecule has 41 heavy (non-hydrogen) atoms. The summed E-state index contributed by atoms with van der Waals surface area (Å²) in [5.74, 6) is -0.297. The van der Waals surface area contributed by atoms with Gasteiger partial charge in [0.15, 0.2) is 5.69 Å². The minimum Gasteiger partial charge on any atom is -0.447 e. The number of aromatic nitrogens is 1. The van der Waals surface area contributed by atoms with Crippen molar-refractivity contribution >= 4 is 39.2 Å². The number of carbonyl (C=O) groups is 2. The summed E-state index contributed by atoms with van der Waals surface area (Å²) in [6, 6.07) is 3.47. The molecule has 2 aromatic rings. The van der Waals surface area contributed by atoms with Crippen LogP contribution in [0.3, 0.4) is 0 Å². The van der Waals surface area contributed by atoms with Gasteiger partial charge in [-0.15, -0.1) is 11.3 Å². The molecule has 3 N–H and O–H groups in total. The number of rotatable bonds is 9. The Labute approximate surface area is 241 Å². The van der Waals surface area contributed by atoms with Crippen molar-refractivity contribution < 1.29 is 40.7 Å². The van der Waals surface area contributed by atoms with E-state index in [9.17, 15) is 31.2 Å². The molecule has 2 amide bonds. The summed E-state index contributed by atoms with van der Waals surface area (Å²) >= 11 is 0.799. The lowest BCUT2D eigenvalue weighted by molar-refractivity contribution is -0.140. The average molecular weight is 621 g/mol. The van der Waals surface area contributed by atoms with E-state index >= 15 is 0 Å². The maximum absolute atomic E-state index is 14.2. The third-order valence-electron chi connectivity index (χ3n) is 6.09. The fourth-order valence-electron chi connectivity index (χ4n) is 4.42. The highest BCUT2D eigenvalue weighted by molar-refractivity contribution is 7.89. The molecule has 0 radical (unpaired) electrons. The van der Waals surface area contributed by atoms with E-state index in [4.69, 9.17) is 9.47 Å². The molecule has 1 aliphatic carbocycles. The first kappa shape index (κ1) is 32.6. The highest BCUT2D eigenvalue weighted by atomic mass is 32.2. The SMILES string of the molecule is CCNS(=O)(=O)c1cc(NC(=O)OC(C)C)ccc1-c1sc(C2CCC(NC(=O)OC(C)C)CC2)nc1C(F)(F)F. The van der Waals surface area contributed by atoms with Crippen LogP contribution in [-0.2, 0) is 25.7 Å². The molecule has 3 rings (SSSR count). The van der Waals surface area contributed by atoms with Crippen molar-refractivity contribution in [1.29, 1.82) is 0 Å². The van der Waals surface area contributed by atoms with Gasteiger partial charge in [-0.2, -0.15) is 13.2 Å². The van der Waals surface area contributed by atoms with Crippen molar-refractivity contribution in [2.75, 3.05) is 11.9 Å². The van der Waals surface area contributed by atoms with Gasteiger partial charge in [0, 0.05) is 29.8 Å². The van der Waals surface area contributed by atoms with Crippen LogP contribution in [0.4, 0.5) is 28.4 Å². The number of alkyl carbamates (subject to hydrolysis) is 1. The van der Waals surface area contributed by atoms with Crippen LogP contribution in [0.1, 0.15) is 76.9 Å². The molecule has 1 aliphatic rings. The highest BCUT2D eigenvalue weighted by Crippen LogP contribution is 2.46. The molecule has 1 aromatic heterocycles. The standard InChI is InChI=1S/C26H35F3N4O6S2/c1-6-30-41(36,37)20-13-18(32-25(35)39-15(4)5)11-12-19(20)21-22(26(27,28)29)33-23(40-21)16-7-9-17(10-8-16)31-24(34)38-14(2)3/h11-17,30H,6-10H2,1-5H3,(H,31,34)(H,32,35). The van der Waals surface area contributed by atoms with E-state index in [1.165, 1.54) is 12.1 Å². The Bertz CT molecular complexity index is 1340. The molecule has 0 unspecified atom stereocenters. The molecule has 0 spiro atoms. The Morgan fingerprint density at radius 1 is 1.05 bits per heavy atom. The summed E-state index contributed by atoms with van der Waals surface area (Å²) in [7, 11) is -4.26. The van der Waals surface area contributed by atoms with Gasteiger partial charge in [-0.05, 0) is 65.5 Å². The van der Waals surface area contributed by atoms with Gasteiger partial charge in [0.1, 0.15) is 0 Å². The highest BCUT2D eigenvalue weighted by Gasteiger charge is 2.40. The van der Waals surface area contributed by atoms with Gasteiger partial charge < -0.3 is 14.8 Å². The Balaban J connectivity index is 1.97. The molecule has 0 saturated heterocycles. The summed E-state index contributed by atoms with van der Waals surface area (Å²) in [6.45, 7) is 8.26. The minimum atomic E-state index is -4.85. The lowest BCUT2D eigenvalue weighted by Crippen LogP contribution is -2.38. The predicted molar refractivity (Wildman–Crippen MR) is 148 cm³/mol. The molecule has 0 aliphatic heterocycles. The van der Waals surface area contributed by atoms with Crippen molar-refractivity contribution in [2.45, 2.75) is 95.5 Å². The smallest absolute Gasteiger partial charge is 0.434 e. The molecule has 1 fully saturated rings. The van der Waals surface area contributed by atoms with E-state index in [1.807, 2.05) is 0 Å². The van der Waals surface area contributed by atoms with E-state index in [-0.39, 0.29) is 45.7 Å². The quantitative estimate of drug-likeness (QED) is 0.302. The number of anilines is 1. The Morgan fingerprint density at radius 2 is 1.66 bits per heavy atom. The molecule has 0 atom stereocenters. The van der Waals surface area contributed by atoms with Gasteiger partial charge in [-0.1, -0.05) is 13.0 Å². The number of benzene rings is 1. The van der Waals surface area contributed by atoms with Crippen LogP contribution in [0.2, 0.25) is 0 Å². The second-order valence-corrected chi connectivity index (χ2v) is 12.9. The number of sulfonamides is 1. The van der Waals surface area contributed by atoms with Crippen molar-refractivity contribution in [1.82, 2.24) is 15.0 Å². The van der Waals surface area contributed by atoms with Crippen molar-refractivity contribution in [2.24, 2.45) is 0 Å². The average Bonchev–Trinajstić information content (AvgIpc) is 3.29. The van der Waals surface area contributed by atoms with E-state index in [1.54, 1.807) is 34.6 Å². The van der Waals surface area contributed by atoms with Crippen molar-refractivity contribution in [3.05, 3.63) is 28.9 Å². The van der Waals surface area contributed by atoms with Crippen LogP contribution < -0.4 is 15.4 Å². The van der Waals surface area contributed by atoms with Gasteiger partial charge in [0.25, 0.3) is 0 Å². The first-order chi connectivity index (χ1) is 19.1. The molecule has 1 saturated carbocycles. The number of nitrogens with zero attached hydrogens (tertiary/aromatic N) is 1. The Morgan fingerprint density at radius 3 is 2.22 bits per heavy atom. The number of amides is 2. The molecule has 1 aromatic carbocycles. The van der Waals surface area contributed by atoms with Crippen LogP contribution >= 0.6 is 11.3 Å². The molecular formula is C26H35F3N4O6S2. The Hall–Kier alpha value is -2.91. The number of ether oxygens (including phenoxy) is 2. The second kappa shape index (κ2) is 13.4. The fourth-order valence-corrected chi connectivity index (χ4v) is 7.06. The molecule has 0 bridgehead atoms. The first-order valence-corrected chi connectivity index (χ1v) is 15.6. The van der Waals surface area contributed by atoms with E-state index in [0.29, 0.717) is 25.7 Å². The predicted octanol–water partition coefficient (Wildman–Crippen LogP) is 6.24. The fraction of sp³-hybridized carbons (Fsp3) is 0.577. The van der Waals surface area contributed by atoms with Gasteiger partial charge >= 0.3 is 18.4 Å². The van der Waals surface area contributed by atoms with Crippen molar-refractivity contribution in [3.63, 3.8) is 0 Å². The topological polar surface area (TPSA) is 136 Å². The first-order valence-electron chi connectivity index (χ1n) is 13.3. The van der Waals surface area contributed by atoms with Crippen LogP contribution in [0.5, 0.6) is 0 Å². The largest absolute Gasteiger partial charge is 0.447 e. The van der Waals surface area contributed by atoms with Gasteiger partial charge in [-0.25, -0.2) is 27.7 Å². The molecule has 15 heteroatoms. The number of carbonyl (C=O) groups excluding carboxylic acids is 2. The van der Waals surface area contributed by atoms with E-state index in [0.717, 1.165) is 17.4 Å². The number of hydrogen-bond donors (Lipinski definition) is 3. The lowest BCUT2D eigenvalue weighted by atomic mass is 9.86. The number of alkyl halides is 3. The summed E-state index contributed by atoms with van der Waals surface area (Å²) < 4.78 is 81.3. The maximum atomic E-state index is 14.2. The monoisotopic (exact) mass is 620 g/mol. The molecule has 10 nitrogen and oxygen atoms in total. The lowest BCUT2D eigenvalue weighted by Gasteiger charge is -2.28. The summed E-state index contributed by atoms with van der Waals surface area (Å²) in [4.78, 5) is 27.2. The molecule has 228 valence electrons. The maximum Gasteiger partial charge on any atom is 0.434 e. The molecule has 1 heterocycles. The third kappa shape index (κ3) is 8.79. The van der Waals surface area contributed by atoms with E-state index in [2.05, 4.69) is 20.3 Å². The van der Waals surface area contributed by atoms with Crippen molar-refractivity contribution in [3.8, 4) is 10.4 Å². The van der Waals surface area contributed by atoms with Crippen LogP contribution in [-0.4, -0.2) is 50.4 Å². The minimum absolute atomic E-state index is 0.00310. The third-order valence-corrected chi connectivity index (χ3v) is 8.93. The zero-order chi connectivity index (χ0) is 30.5. The van der Waals surface area contributed by atoms with Gasteiger partial charge in [-0.3, -0.25) is 5.32 Å². The van der Waals surface area contributed by atoms with Gasteiger partial charge in [0.2, 0.25) is 10.0 Å². The van der Waals surface area contributed by atoms with Crippen LogP contribution in [0.25, 0.3) is 10.4 Å². The zero-order valence-electron chi connectivity index (χ0n) is 23.4.